The maximum absolute atomic E-state index is 11.8. The number of unbranched alkanes of at least 4 members (excludes halogenated alkanes) is 1. The van der Waals surface area contributed by atoms with Gasteiger partial charge in [0.25, 0.3) is 0 Å². The third-order valence-electron chi connectivity index (χ3n) is 2.52. The van der Waals surface area contributed by atoms with E-state index in [-0.39, 0.29) is 5.91 Å². The fraction of sp³-hybridized carbons (Fsp3) is 0.417. The van der Waals surface area contributed by atoms with Crippen molar-refractivity contribution in [3.63, 3.8) is 0 Å². The summed E-state index contributed by atoms with van der Waals surface area (Å²) in [6.45, 7) is 3.02. The van der Waals surface area contributed by atoms with Crippen molar-refractivity contribution in [3.05, 3.63) is 29.8 Å². The van der Waals surface area contributed by atoms with Gasteiger partial charge >= 0.3 is 0 Å². The van der Waals surface area contributed by atoms with Gasteiger partial charge in [-0.25, -0.2) is 0 Å². The Morgan fingerprint density at radius 3 is 3.00 bits per heavy atom. The van der Waals surface area contributed by atoms with Crippen LogP contribution in [0.2, 0.25) is 0 Å². The van der Waals surface area contributed by atoms with E-state index in [2.05, 4.69) is 13.0 Å². The Morgan fingerprint density at radius 1 is 1.40 bits per heavy atom. The van der Waals surface area contributed by atoms with Crippen LogP contribution in [-0.4, -0.2) is 16.8 Å². The summed E-state index contributed by atoms with van der Waals surface area (Å²) in [4.78, 5) is 13.0. The number of rotatable bonds is 3. The lowest BCUT2D eigenvalue weighted by Crippen LogP contribution is -2.30. The van der Waals surface area contributed by atoms with Gasteiger partial charge in [-0.15, -0.1) is 0 Å². The Kier molecular flexibility index (Phi) is 3.31. The lowest BCUT2D eigenvalue weighted by Gasteiger charge is -2.26. The van der Waals surface area contributed by atoms with Crippen LogP contribution in [0.25, 0.3) is 0 Å². The fourth-order valence-electron chi connectivity index (χ4n) is 1.63. The normalized spacial score (nSPS) is 15.3. The zero-order valence-corrected chi connectivity index (χ0v) is 9.72. The van der Waals surface area contributed by atoms with E-state index in [1.54, 1.807) is 11.9 Å². The lowest BCUT2D eigenvalue weighted by atomic mass is 10.1. The molecule has 0 fully saturated rings. The van der Waals surface area contributed by atoms with Crippen molar-refractivity contribution >= 4 is 17.9 Å². The number of hydrogen-bond acceptors (Lipinski definition) is 2. The first-order valence-electron chi connectivity index (χ1n) is 5.37. The molecule has 2 nitrogen and oxygen atoms in total. The van der Waals surface area contributed by atoms with E-state index in [0.717, 1.165) is 19.4 Å². The van der Waals surface area contributed by atoms with Crippen LogP contribution < -0.4 is 0 Å². The summed E-state index contributed by atoms with van der Waals surface area (Å²) < 4.78 is 1.89. The SMILES string of the molecule is CCCCN1Sc2ccccc2CC1=O. The fourth-order valence-corrected chi connectivity index (χ4v) is 2.65. The van der Waals surface area contributed by atoms with E-state index < -0.39 is 0 Å². The van der Waals surface area contributed by atoms with Crippen LogP contribution in [0.4, 0.5) is 0 Å². The summed E-state index contributed by atoms with van der Waals surface area (Å²) in [7, 11) is 0. The summed E-state index contributed by atoms with van der Waals surface area (Å²) in [5.74, 6) is 0.243. The highest BCUT2D eigenvalue weighted by molar-refractivity contribution is 7.97. The molecule has 80 valence electrons. The second-order valence-corrected chi connectivity index (χ2v) is 4.79. The second-order valence-electron chi connectivity index (χ2n) is 3.73. The highest BCUT2D eigenvalue weighted by atomic mass is 32.2. The molecule has 1 aliphatic heterocycles. The molecule has 0 aliphatic carbocycles. The van der Waals surface area contributed by atoms with Crippen molar-refractivity contribution in [1.29, 1.82) is 0 Å². The molecule has 3 heteroatoms. The van der Waals surface area contributed by atoms with Crippen LogP contribution in [0, 0.1) is 0 Å². The standard InChI is InChI=1S/C12H15NOS/c1-2-3-8-13-12(14)9-10-6-4-5-7-11(10)15-13/h4-7H,2-3,8-9H2,1H3. The van der Waals surface area contributed by atoms with Gasteiger partial charge in [-0.2, -0.15) is 0 Å². The minimum Gasteiger partial charge on any atom is -0.282 e. The van der Waals surface area contributed by atoms with Gasteiger partial charge in [0.15, 0.2) is 0 Å². The number of carbonyl (C=O) groups excluding carboxylic acids is 1. The maximum Gasteiger partial charge on any atom is 0.237 e. The van der Waals surface area contributed by atoms with Gasteiger partial charge in [0.2, 0.25) is 5.91 Å². The molecule has 1 aromatic carbocycles. The molecule has 0 bridgehead atoms. The van der Waals surface area contributed by atoms with Gasteiger partial charge in [-0.1, -0.05) is 31.5 Å². The van der Waals surface area contributed by atoms with Crippen LogP contribution in [0.1, 0.15) is 25.3 Å². The summed E-state index contributed by atoms with van der Waals surface area (Å²) >= 11 is 1.59. The van der Waals surface area contributed by atoms with Crippen molar-refractivity contribution in [3.8, 4) is 0 Å². The van der Waals surface area contributed by atoms with E-state index in [4.69, 9.17) is 0 Å². The monoisotopic (exact) mass is 221 g/mol. The third-order valence-corrected chi connectivity index (χ3v) is 3.72. The number of hydrogen-bond donors (Lipinski definition) is 0. The first kappa shape index (κ1) is 10.6. The molecule has 0 unspecified atom stereocenters. The quantitative estimate of drug-likeness (QED) is 0.731. The molecule has 1 aromatic rings. The van der Waals surface area contributed by atoms with Crippen LogP contribution in [0.3, 0.4) is 0 Å². The van der Waals surface area contributed by atoms with Gasteiger partial charge in [0.05, 0.1) is 6.42 Å². The Bertz CT molecular complexity index is 364. The molecule has 0 atom stereocenters. The zero-order valence-electron chi connectivity index (χ0n) is 8.90. The van der Waals surface area contributed by atoms with Crippen LogP contribution in [-0.2, 0) is 11.2 Å². The Hall–Kier alpha value is -0.960. The van der Waals surface area contributed by atoms with E-state index in [9.17, 15) is 4.79 Å². The topological polar surface area (TPSA) is 20.3 Å². The number of nitrogens with zero attached hydrogens (tertiary/aromatic N) is 1. The first-order valence-corrected chi connectivity index (χ1v) is 6.15. The van der Waals surface area contributed by atoms with Gasteiger partial charge in [0, 0.05) is 11.4 Å². The highest BCUT2D eigenvalue weighted by Gasteiger charge is 2.22. The lowest BCUT2D eigenvalue weighted by molar-refractivity contribution is -0.125. The summed E-state index contributed by atoms with van der Waals surface area (Å²) in [5.41, 5.74) is 1.17. The second kappa shape index (κ2) is 4.71. The molecular formula is C12H15NOS. The predicted molar refractivity (Wildman–Crippen MR) is 62.6 cm³/mol. The molecule has 1 heterocycles. The zero-order chi connectivity index (χ0) is 10.7. The smallest absolute Gasteiger partial charge is 0.237 e. The molecule has 0 aromatic heterocycles. The molecule has 0 radical (unpaired) electrons. The summed E-state index contributed by atoms with van der Waals surface area (Å²) in [5, 5.41) is 0. The highest BCUT2D eigenvalue weighted by Crippen LogP contribution is 2.32. The van der Waals surface area contributed by atoms with Gasteiger partial charge in [0.1, 0.15) is 0 Å². The van der Waals surface area contributed by atoms with Crippen LogP contribution in [0.15, 0.2) is 29.2 Å². The molecule has 0 saturated heterocycles. The Balaban J connectivity index is 2.11. The van der Waals surface area contributed by atoms with E-state index in [1.165, 1.54) is 10.5 Å². The van der Waals surface area contributed by atoms with Crippen LogP contribution >= 0.6 is 11.9 Å². The van der Waals surface area contributed by atoms with E-state index in [1.807, 2.05) is 22.5 Å². The largest absolute Gasteiger partial charge is 0.282 e. The minimum absolute atomic E-state index is 0.243. The molecule has 1 aliphatic rings. The Labute approximate surface area is 94.8 Å². The summed E-state index contributed by atoms with van der Waals surface area (Å²) in [6.07, 6.45) is 2.78. The van der Waals surface area contributed by atoms with Gasteiger partial charge < -0.3 is 0 Å². The first-order chi connectivity index (χ1) is 7.31. The maximum atomic E-state index is 11.8. The van der Waals surface area contributed by atoms with Gasteiger partial charge in [-0.05, 0) is 30.0 Å². The molecule has 2 rings (SSSR count). The van der Waals surface area contributed by atoms with Crippen molar-refractivity contribution in [2.45, 2.75) is 31.1 Å². The third kappa shape index (κ3) is 2.34. The average molecular weight is 221 g/mol. The van der Waals surface area contributed by atoms with Gasteiger partial charge in [-0.3, -0.25) is 9.10 Å². The van der Waals surface area contributed by atoms with Crippen molar-refractivity contribution in [2.24, 2.45) is 0 Å². The Morgan fingerprint density at radius 2 is 2.20 bits per heavy atom. The number of carbonyl (C=O) groups is 1. The van der Waals surface area contributed by atoms with Crippen molar-refractivity contribution in [2.75, 3.05) is 6.54 Å². The molecule has 15 heavy (non-hydrogen) atoms. The predicted octanol–water partition coefficient (Wildman–Crippen LogP) is 2.88. The molecule has 0 N–H and O–H groups in total. The number of fused-ring (bicyclic) bond motifs is 1. The molecule has 0 saturated carbocycles. The van der Waals surface area contributed by atoms with Crippen molar-refractivity contribution in [1.82, 2.24) is 4.31 Å². The van der Waals surface area contributed by atoms with Crippen molar-refractivity contribution < 1.29 is 4.79 Å². The number of benzene rings is 1. The van der Waals surface area contributed by atoms with Crippen LogP contribution in [0.5, 0.6) is 0 Å². The van der Waals surface area contributed by atoms with E-state index in [0.29, 0.717) is 6.42 Å². The molecule has 1 amide bonds. The minimum atomic E-state index is 0.243. The number of amides is 1. The van der Waals surface area contributed by atoms with E-state index >= 15 is 0 Å². The summed E-state index contributed by atoms with van der Waals surface area (Å²) in [6, 6.07) is 8.15. The molecular weight excluding hydrogens is 206 g/mol. The molecule has 0 spiro atoms. The average Bonchev–Trinajstić information content (AvgIpc) is 2.26.